The number of nitrogens with zero attached hydrogens (tertiary/aromatic N) is 1. The van der Waals surface area contributed by atoms with Gasteiger partial charge in [0.05, 0.1) is 12.7 Å². The lowest BCUT2D eigenvalue weighted by molar-refractivity contribution is 0.0204. The summed E-state index contributed by atoms with van der Waals surface area (Å²) in [5, 5.41) is 0. The highest BCUT2D eigenvalue weighted by Gasteiger charge is 2.27. The number of benzene rings is 2. The van der Waals surface area contributed by atoms with Crippen molar-refractivity contribution in [3.63, 3.8) is 0 Å². The third-order valence-corrected chi connectivity index (χ3v) is 5.24. The molecule has 0 bridgehead atoms. The van der Waals surface area contributed by atoms with Crippen molar-refractivity contribution in [2.45, 2.75) is 45.1 Å². The number of nitrogen functional groups attached to an aromatic ring is 1. The number of rotatable bonds is 3. The SMILES string of the molecule is COC(=O)c1cc(N)cc(-c2ccc(C3CCN(C(=O)OC(C)(C)C)CC3)cc2)c1. The van der Waals surface area contributed by atoms with Gasteiger partial charge in [0.2, 0.25) is 0 Å². The van der Waals surface area contributed by atoms with E-state index in [4.69, 9.17) is 15.2 Å². The van der Waals surface area contributed by atoms with Crippen LogP contribution in [0.2, 0.25) is 0 Å². The van der Waals surface area contributed by atoms with Crippen LogP contribution >= 0.6 is 0 Å². The first-order chi connectivity index (χ1) is 14.2. The third-order valence-electron chi connectivity index (χ3n) is 5.24. The summed E-state index contributed by atoms with van der Waals surface area (Å²) < 4.78 is 10.3. The van der Waals surface area contributed by atoms with Gasteiger partial charge in [0.15, 0.2) is 0 Å². The highest BCUT2D eigenvalue weighted by atomic mass is 16.6. The van der Waals surface area contributed by atoms with Crippen LogP contribution in [0.15, 0.2) is 42.5 Å². The van der Waals surface area contributed by atoms with Gasteiger partial charge in [-0.3, -0.25) is 0 Å². The minimum absolute atomic E-state index is 0.237. The van der Waals surface area contributed by atoms with Crippen LogP contribution in [-0.2, 0) is 9.47 Å². The van der Waals surface area contributed by atoms with Crippen LogP contribution in [-0.4, -0.2) is 42.8 Å². The first-order valence-electron chi connectivity index (χ1n) is 10.2. The van der Waals surface area contributed by atoms with Crippen molar-refractivity contribution in [3.8, 4) is 11.1 Å². The molecule has 0 unspecified atom stereocenters. The first kappa shape index (κ1) is 21.7. The molecule has 0 aliphatic carbocycles. The smallest absolute Gasteiger partial charge is 0.410 e. The zero-order chi connectivity index (χ0) is 21.9. The van der Waals surface area contributed by atoms with E-state index in [0.29, 0.717) is 30.3 Å². The molecule has 1 saturated heterocycles. The molecule has 2 N–H and O–H groups in total. The Kier molecular flexibility index (Phi) is 6.34. The summed E-state index contributed by atoms with van der Waals surface area (Å²) in [7, 11) is 1.36. The van der Waals surface area contributed by atoms with Crippen molar-refractivity contribution < 1.29 is 19.1 Å². The average molecular weight is 411 g/mol. The van der Waals surface area contributed by atoms with Crippen LogP contribution < -0.4 is 5.73 Å². The van der Waals surface area contributed by atoms with Crippen molar-refractivity contribution in [2.24, 2.45) is 0 Å². The van der Waals surface area contributed by atoms with Gasteiger partial charge in [0, 0.05) is 18.8 Å². The number of carbonyl (C=O) groups excluding carboxylic acids is 2. The van der Waals surface area contributed by atoms with Crippen LogP contribution in [0.3, 0.4) is 0 Å². The lowest BCUT2D eigenvalue weighted by Gasteiger charge is -2.33. The normalized spacial score (nSPS) is 15.0. The maximum Gasteiger partial charge on any atom is 0.410 e. The van der Waals surface area contributed by atoms with E-state index >= 15 is 0 Å². The molecule has 160 valence electrons. The Morgan fingerprint density at radius 3 is 2.20 bits per heavy atom. The Labute approximate surface area is 178 Å². The van der Waals surface area contributed by atoms with E-state index in [1.165, 1.54) is 12.7 Å². The van der Waals surface area contributed by atoms with Crippen molar-refractivity contribution >= 4 is 17.7 Å². The van der Waals surface area contributed by atoms with Crippen molar-refractivity contribution in [1.29, 1.82) is 0 Å². The minimum atomic E-state index is -0.474. The summed E-state index contributed by atoms with van der Waals surface area (Å²) in [6, 6.07) is 13.6. The summed E-state index contributed by atoms with van der Waals surface area (Å²) in [4.78, 5) is 25.9. The fourth-order valence-corrected chi connectivity index (χ4v) is 3.72. The number of nitrogens with two attached hydrogens (primary N) is 1. The summed E-state index contributed by atoms with van der Waals surface area (Å²) in [5.74, 6) is 0.00104. The molecule has 1 fully saturated rings. The van der Waals surface area contributed by atoms with Gasteiger partial charge in [-0.15, -0.1) is 0 Å². The summed E-state index contributed by atoms with van der Waals surface area (Å²) in [6.07, 6.45) is 1.58. The largest absolute Gasteiger partial charge is 0.465 e. The van der Waals surface area contributed by atoms with Gasteiger partial charge >= 0.3 is 12.1 Å². The van der Waals surface area contributed by atoms with Crippen molar-refractivity contribution in [2.75, 3.05) is 25.9 Å². The molecular weight excluding hydrogens is 380 g/mol. The second kappa shape index (κ2) is 8.78. The maximum absolute atomic E-state index is 12.2. The monoisotopic (exact) mass is 410 g/mol. The second-order valence-corrected chi connectivity index (χ2v) is 8.70. The Bertz CT molecular complexity index is 908. The zero-order valence-electron chi connectivity index (χ0n) is 18.1. The molecule has 6 heteroatoms. The van der Waals surface area contributed by atoms with Crippen LogP contribution in [0, 0.1) is 0 Å². The molecule has 1 aliphatic heterocycles. The van der Waals surface area contributed by atoms with E-state index in [1.54, 1.807) is 17.0 Å². The van der Waals surface area contributed by atoms with Crippen LogP contribution in [0.1, 0.15) is 55.5 Å². The first-order valence-corrected chi connectivity index (χ1v) is 10.2. The van der Waals surface area contributed by atoms with Gasteiger partial charge in [0.25, 0.3) is 0 Å². The van der Waals surface area contributed by atoms with Gasteiger partial charge in [-0.25, -0.2) is 9.59 Å². The Morgan fingerprint density at radius 2 is 1.63 bits per heavy atom. The number of hydrogen-bond acceptors (Lipinski definition) is 5. The molecule has 1 heterocycles. The quantitative estimate of drug-likeness (QED) is 0.578. The molecule has 0 saturated carbocycles. The van der Waals surface area contributed by atoms with Crippen LogP contribution in [0.25, 0.3) is 11.1 Å². The number of piperidine rings is 1. The molecule has 1 aliphatic rings. The molecule has 0 atom stereocenters. The van der Waals surface area contributed by atoms with E-state index in [-0.39, 0.29) is 6.09 Å². The van der Waals surface area contributed by atoms with Crippen LogP contribution in [0.4, 0.5) is 10.5 Å². The Morgan fingerprint density at radius 1 is 1.00 bits per heavy atom. The topological polar surface area (TPSA) is 81.9 Å². The fourth-order valence-electron chi connectivity index (χ4n) is 3.72. The molecule has 2 aromatic rings. The number of carbonyl (C=O) groups is 2. The third kappa shape index (κ3) is 5.32. The summed E-state index contributed by atoms with van der Waals surface area (Å²) in [5.41, 5.74) is 9.56. The lowest BCUT2D eigenvalue weighted by Crippen LogP contribution is -2.41. The molecule has 0 aromatic heterocycles. The van der Waals surface area contributed by atoms with E-state index in [2.05, 4.69) is 12.1 Å². The van der Waals surface area contributed by atoms with E-state index < -0.39 is 11.6 Å². The fraction of sp³-hybridized carbons (Fsp3) is 0.417. The summed E-state index contributed by atoms with van der Waals surface area (Å²) in [6.45, 7) is 7.03. The van der Waals surface area contributed by atoms with E-state index in [9.17, 15) is 9.59 Å². The number of amides is 1. The van der Waals surface area contributed by atoms with Gasteiger partial charge in [-0.05, 0) is 74.4 Å². The van der Waals surface area contributed by atoms with Crippen LogP contribution in [0.5, 0.6) is 0 Å². The van der Waals surface area contributed by atoms with Gasteiger partial charge in [-0.2, -0.15) is 0 Å². The van der Waals surface area contributed by atoms with E-state index in [0.717, 1.165) is 24.0 Å². The zero-order valence-corrected chi connectivity index (χ0v) is 18.1. The number of anilines is 1. The molecule has 0 spiro atoms. The van der Waals surface area contributed by atoms with Crippen molar-refractivity contribution in [1.82, 2.24) is 4.90 Å². The minimum Gasteiger partial charge on any atom is -0.465 e. The average Bonchev–Trinajstić information content (AvgIpc) is 2.71. The molecule has 30 heavy (non-hydrogen) atoms. The highest BCUT2D eigenvalue weighted by molar-refractivity contribution is 5.92. The number of esters is 1. The Hall–Kier alpha value is -3.02. The molecular formula is C24H30N2O4. The van der Waals surface area contributed by atoms with Gasteiger partial charge < -0.3 is 20.1 Å². The maximum atomic E-state index is 12.2. The number of ether oxygens (including phenoxy) is 2. The number of hydrogen-bond donors (Lipinski definition) is 1. The van der Waals surface area contributed by atoms with E-state index in [1.807, 2.05) is 39.0 Å². The van der Waals surface area contributed by atoms with Crippen molar-refractivity contribution in [3.05, 3.63) is 53.6 Å². The number of likely N-dealkylation sites (tertiary alicyclic amines) is 1. The molecule has 6 nitrogen and oxygen atoms in total. The standard InChI is InChI=1S/C24H30N2O4/c1-24(2,3)30-23(28)26-11-9-18(10-12-26)16-5-7-17(8-6-16)19-13-20(22(27)29-4)15-21(25)14-19/h5-8,13-15,18H,9-12,25H2,1-4H3. The van der Waals surface area contributed by atoms with Gasteiger partial charge in [-0.1, -0.05) is 24.3 Å². The van der Waals surface area contributed by atoms with Gasteiger partial charge in [0.1, 0.15) is 5.60 Å². The number of methoxy groups -OCH3 is 1. The molecule has 3 rings (SSSR count). The molecule has 0 radical (unpaired) electrons. The Balaban J connectivity index is 1.67. The highest BCUT2D eigenvalue weighted by Crippen LogP contribution is 2.31. The lowest BCUT2D eigenvalue weighted by atomic mass is 9.88. The predicted molar refractivity (Wildman–Crippen MR) is 117 cm³/mol. The molecule has 2 aromatic carbocycles. The second-order valence-electron chi connectivity index (χ2n) is 8.70. The molecule has 1 amide bonds. The predicted octanol–water partition coefficient (Wildman–Crippen LogP) is 4.84. The summed E-state index contributed by atoms with van der Waals surface area (Å²) >= 11 is 0.